The van der Waals surface area contributed by atoms with Crippen molar-refractivity contribution in [1.29, 1.82) is 0 Å². The van der Waals surface area contributed by atoms with Gasteiger partial charge in [-0.2, -0.15) is 13.2 Å². The lowest BCUT2D eigenvalue weighted by Gasteiger charge is -2.11. The van der Waals surface area contributed by atoms with E-state index in [0.717, 1.165) is 6.07 Å². The predicted octanol–water partition coefficient (Wildman–Crippen LogP) is 4.16. The Labute approximate surface area is 88.6 Å². The molecule has 0 saturated carbocycles. The molecule has 1 aromatic carbocycles. The van der Waals surface area contributed by atoms with Crippen molar-refractivity contribution in [3.8, 4) is 0 Å². The molecule has 0 aliphatic rings. The lowest BCUT2D eigenvalue weighted by atomic mass is 10.0. The Morgan fingerprint density at radius 1 is 1.29 bits per heavy atom. The Hall–Kier alpha value is -0.770. The van der Waals surface area contributed by atoms with Gasteiger partial charge < -0.3 is 0 Å². The van der Waals surface area contributed by atoms with Crippen LogP contribution < -0.4 is 0 Å². The molecule has 0 saturated heterocycles. The fourth-order valence-corrected chi connectivity index (χ4v) is 1.46. The van der Waals surface area contributed by atoms with E-state index in [2.05, 4.69) is 22.5 Å². The number of hydrogen-bond acceptors (Lipinski definition) is 0. The Morgan fingerprint density at radius 3 is 2.36 bits per heavy atom. The van der Waals surface area contributed by atoms with Crippen LogP contribution in [-0.4, -0.2) is 0 Å². The van der Waals surface area contributed by atoms with E-state index >= 15 is 0 Å². The van der Waals surface area contributed by atoms with Crippen molar-refractivity contribution >= 4 is 15.9 Å². The zero-order valence-electron chi connectivity index (χ0n) is 7.24. The first-order chi connectivity index (χ1) is 6.41. The maximum Gasteiger partial charge on any atom is 0.416 e. The quantitative estimate of drug-likeness (QED) is 0.753. The number of halogens is 4. The minimum Gasteiger partial charge on any atom is -0.166 e. The molecular formula is C10H8BrF3. The highest BCUT2D eigenvalue weighted by Crippen LogP contribution is 2.33. The van der Waals surface area contributed by atoms with E-state index in [0.29, 0.717) is 4.48 Å². The van der Waals surface area contributed by atoms with Crippen LogP contribution in [0.15, 0.2) is 35.3 Å². The van der Waals surface area contributed by atoms with Gasteiger partial charge in [0.05, 0.1) is 5.56 Å². The maximum absolute atomic E-state index is 12.5. The van der Waals surface area contributed by atoms with Crippen molar-refractivity contribution in [3.63, 3.8) is 0 Å². The van der Waals surface area contributed by atoms with Gasteiger partial charge in [-0.1, -0.05) is 40.7 Å². The zero-order valence-corrected chi connectivity index (χ0v) is 8.82. The van der Waals surface area contributed by atoms with Crippen molar-refractivity contribution in [2.24, 2.45) is 0 Å². The largest absolute Gasteiger partial charge is 0.416 e. The average Bonchev–Trinajstić information content (AvgIpc) is 2.01. The van der Waals surface area contributed by atoms with E-state index in [-0.39, 0.29) is 12.0 Å². The third-order valence-electron chi connectivity index (χ3n) is 1.71. The summed E-state index contributed by atoms with van der Waals surface area (Å²) in [6, 6.07) is 5.49. The lowest BCUT2D eigenvalue weighted by molar-refractivity contribution is -0.138. The molecule has 0 heterocycles. The van der Waals surface area contributed by atoms with E-state index in [1.807, 2.05) is 0 Å². The number of rotatable bonds is 2. The first kappa shape index (κ1) is 11.3. The molecule has 0 aliphatic heterocycles. The number of hydrogen-bond donors (Lipinski definition) is 0. The third-order valence-corrected chi connectivity index (χ3v) is 1.99. The minimum atomic E-state index is -4.29. The van der Waals surface area contributed by atoms with Crippen molar-refractivity contribution in [2.75, 3.05) is 0 Å². The van der Waals surface area contributed by atoms with Gasteiger partial charge in [-0.05, 0) is 16.1 Å². The molecule has 0 spiro atoms. The van der Waals surface area contributed by atoms with Crippen LogP contribution >= 0.6 is 15.9 Å². The average molecular weight is 265 g/mol. The van der Waals surface area contributed by atoms with Crippen LogP contribution in [0.25, 0.3) is 0 Å². The monoisotopic (exact) mass is 264 g/mol. The van der Waals surface area contributed by atoms with Gasteiger partial charge in [-0.25, -0.2) is 0 Å². The highest BCUT2D eigenvalue weighted by Gasteiger charge is 2.32. The van der Waals surface area contributed by atoms with Crippen molar-refractivity contribution in [3.05, 3.63) is 46.5 Å². The van der Waals surface area contributed by atoms with Gasteiger partial charge in [0.15, 0.2) is 0 Å². The number of alkyl halides is 3. The van der Waals surface area contributed by atoms with E-state index < -0.39 is 11.7 Å². The Bertz CT molecular complexity index is 341. The summed E-state index contributed by atoms with van der Waals surface area (Å²) in [6.07, 6.45) is -4.10. The van der Waals surface area contributed by atoms with E-state index in [1.54, 1.807) is 6.07 Å². The molecular weight excluding hydrogens is 257 g/mol. The molecule has 0 aromatic heterocycles. The molecule has 76 valence electrons. The molecule has 0 fully saturated rings. The normalized spacial score (nSPS) is 11.4. The second-order valence-electron chi connectivity index (χ2n) is 2.85. The highest BCUT2D eigenvalue weighted by molar-refractivity contribution is 9.11. The maximum atomic E-state index is 12.5. The molecule has 14 heavy (non-hydrogen) atoms. The van der Waals surface area contributed by atoms with Gasteiger partial charge in [0.2, 0.25) is 0 Å². The number of allylic oxidation sites excluding steroid dienone is 1. The van der Waals surface area contributed by atoms with Gasteiger partial charge in [-0.3, -0.25) is 0 Å². The first-order valence-corrected chi connectivity index (χ1v) is 4.69. The summed E-state index contributed by atoms with van der Waals surface area (Å²) in [5.41, 5.74) is -0.359. The summed E-state index contributed by atoms with van der Waals surface area (Å²) in [7, 11) is 0. The van der Waals surface area contributed by atoms with E-state index in [4.69, 9.17) is 0 Å². The van der Waals surface area contributed by atoms with Crippen molar-refractivity contribution in [1.82, 2.24) is 0 Å². The fourth-order valence-electron chi connectivity index (χ4n) is 1.16. The molecule has 0 aliphatic carbocycles. The van der Waals surface area contributed by atoms with Gasteiger partial charge in [0.25, 0.3) is 0 Å². The molecule has 0 radical (unpaired) electrons. The summed E-state index contributed by atoms with van der Waals surface area (Å²) in [6.45, 7) is 3.52. The van der Waals surface area contributed by atoms with E-state index in [9.17, 15) is 13.2 Å². The van der Waals surface area contributed by atoms with Gasteiger partial charge in [0.1, 0.15) is 0 Å². The molecule has 0 amide bonds. The molecule has 0 nitrogen and oxygen atoms in total. The van der Waals surface area contributed by atoms with Crippen LogP contribution in [0.5, 0.6) is 0 Å². The van der Waals surface area contributed by atoms with E-state index in [1.165, 1.54) is 12.1 Å². The Morgan fingerprint density at radius 2 is 1.86 bits per heavy atom. The van der Waals surface area contributed by atoms with Gasteiger partial charge >= 0.3 is 6.18 Å². The topological polar surface area (TPSA) is 0 Å². The standard InChI is InChI=1S/C10H8BrF3/c1-7(11)6-8-4-2-3-5-9(8)10(12,13)14/h2-5H,1,6H2. The molecule has 0 atom stereocenters. The number of benzene rings is 1. The minimum absolute atomic E-state index is 0.190. The van der Waals surface area contributed by atoms with Crippen LogP contribution in [0, 0.1) is 0 Å². The van der Waals surface area contributed by atoms with Crippen LogP contribution in [0.3, 0.4) is 0 Å². The summed E-state index contributed by atoms with van der Waals surface area (Å²) in [5.74, 6) is 0. The summed E-state index contributed by atoms with van der Waals surface area (Å²) < 4.78 is 37.9. The second-order valence-corrected chi connectivity index (χ2v) is 3.97. The summed E-state index contributed by atoms with van der Waals surface area (Å²) in [5, 5.41) is 0. The van der Waals surface area contributed by atoms with Gasteiger partial charge in [-0.15, -0.1) is 0 Å². The van der Waals surface area contributed by atoms with Crippen molar-refractivity contribution < 1.29 is 13.2 Å². The molecule has 1 rings (SSSR count). The smallest absolute Gasteiger partial charge is 0.166 e. The highest BCUT2D eigenvalue weighted by atomic mass is 79.9. The lowest BCUT2D eigenvalue weighted by Crippen LogP contribution is -2.08. The Balaban J connectivity index is 3.10. The SMILES string of the molecule is C=C(Br)Cc1ccccc1C(F)(F)F. The molecule has 0 N–H and O–H groups in total. The molecule has 4 heteroatoms. The molecule has 0 unspecified atom stereocenters. The summed E-state index contributed by atoms with van der Waals surface area (Å²) in [4.78, 5) is 0. The second kappa shape index (κ2) is 4.17. The fraction of sp³-hybridized carbons (Fsp3) is 0.200. The van der Waals surface area contributed by atoms with Crippen molar-refractivity contribution in [2.45, 2.75) is 12.6 Å². The van der Waals surface area contributed by atoms with Crippen LogP contribution in [0.4, 0.5) is 13.2 Å². The van der Waals surface area contributed by atoms with Crippen LogP contribution in [0.1, 0.15) is 11.1 Å². The Kier molecular flexibility index (Phi) is 3.37. The van der Waals surface area contributed by atoms with Crippen LogP contribution in [-0.2, 0) is 12.6 Å². The third kappa shape index (κ3) is 2.87. The van der Waals surface area contributed by atoms with Gasteiger partial charge in [0, 0.05) is 6.42 Å². The zero-order chi connectivity index (χ0) is 10.8. The first-order valence-electron chi connectivity index (χ1n) is 3.89. The molecule has 0 bridgehead atoms. The predicted molar refractivity (Wildman–Crippen MR) is 53.2 cm³/mol. The summed E-state index contributed by atoms with van der Waals surface area (Å²) >= 11 is 3.05. The van der Waals surface area contributed by atoms with Crippen LogP contribution in [0.2, 0.25) is 0 Å². The molecule has 1 aromatic rings.